The Labute approximate surface area is 223 Å². The Morgan fingerprint density at radius 2 is 1.90 bits per heavy atom. The topological polar surface area (TPSA) is 150 Å². The van der Waals surface area contributed by atoms with E-state index in [4.69, 9.17) is 24.7 Å². The number of fused-ring (bicyclic) bond motifs is 7. The normalized spacial score (nSPS) is 19.2. The van der Waals surface area contributed by atoms with Crippen LogP contribution >= 0.6 is 0 Å². The number of benzene rings is 2. The van der Waals surface area contributed by atoms with Gasteiger partial charge in [0.05, 0.1) is 33.0 Å². The van der Waals surface area contributed by atoms with Crippen LogP contribution in [0.3, 0.4) is 0 Å². The van der Waals surface area contributed by atoms with Gasteiger partial charge < -0.3 is 40.2 Å². The summed E-state index contributed by atoms with van der Waals surface area (Å²) in [6.45, 7) is 0.493. The molecule has 0 aliphatic carbocycles. The number of hydrogen-bond donors (Lipinski definition) is 3. The van der Waals surface area contributed by atoms with Crippen molar-refractivity contribution in [3.8, 4) is 23.0 Å². The first-order valence-electron chi connectivity index (χ1n) is 12.1. The van der Waals surface area contributed by atoms with Crippen LogP contribution in [0, 0.1) is 5.82 Å². The number of nitrogens with one attached hydrogen (secondary N) is 2. The van der Waals surface area contributed by atoms with Crippen LogP contribution in [0.15, 0.2) is 42.6 Å². The smallest absolute Gasteiger partial charge is 0.258 e. The van der Waals surface area contributed by atoms with E-state index in [0.717, 1.165) is 11.8 Å². The molecule has 4 heterocycles. The summed E-state index contributed by atoms with van der Waals surface area (Å²) in [5.41, 5.74) is 6.73. The number of halogens is 1. The van der Waals surface area contributed by atoms with Crippen molar-refractivity contribution in [2.24, 2.45) is 0 Å². The van der Waals surface area contributed by atoms with Crippen molar-refractivity contribution in [1.29, 1.82) is 0 Å². The third-order valence-electron chi connectivity index (χ3n) is 6.40. The highest BCUT2D eigenvalue weighted by atomic mass is 19.1. The van der Waals surface area contributed by atoms with Gasteiger partial charge in [-0.25, -0.2) is 9.37 Å². The van der Waals surface area contributed by atoms with Gasteiger partial charge in [-0.05, 0) is 35.9 Å². The molecule has 39 heavy (non-hydrogen) atoms. The van der Waals surface area contributed by atoms with Crippen LogP contribution in [-0.2, 0) is 11.3 Å². The molecule has 4 N–H and O–H groups in total. The van der Waals surface area contributed by atoms with Crippen LogP contribution in [0.4, 0.5) is 16.2 Å². The van der Waals surface area contributed by atoms with Gasteiger partial charge in [-0.3, -0.25) is 9.59 Å². The first kappa shape index (κ1) is 25.8. The van der Waals surface area contributed by atoms with E-state index < -0.39 is 23.9 Å². The van der Waals surface area contributed by atoms with Gasteiger partial charge in [-0.15, -0.1) is 0 Å². The molecule has 13 heteroatoms. The zero-order valence-corrected chi connectivity index (χ0v) is 21.3. The molecule has 0 spiro atoms. The highest BCUT2D eigenvalue weighted by Gasteiger charge is 2.38. The lowest BCUT2D eigenvalue weighted by molar-refractivity contribution is -0.123. The zero-order valence-electron chi connectivity index (χ0n) is 21.3. The molecule has 1 aromatic heterocycles. The van der Waals surface area contributed by atoms with Crippen molar-refractivity contribution in [2.75, 3.05) is 44.5 Å². The molecule has 6 rings (SSSR count). The second-order valence-electron chi connectivity index (χ2n) is 8.96. The van der Waals surface area contributed by atoms with Crippen molar-refractivity contribution in [2.45, 2.75) is 18.7 Å². The molecule has 1 fully saturated rings. The minimum atomic E-state index is -0.720. The Balaban J connectivity index is 1.50. The number of nitrogens with two attached hydrogens (primary N) is 1. The van der Waals surface area contributed by atoms with Crippen molar-refractivity contribution >= 4 is 23.6 Å². The second-order valence-corrected chi connectivity index (χ2v) is 8.96. The first-order chi connectivity index (χ1) is 18.8. The lowest BCUT2D eigenvalue weighted by Crippen LogP contribution is -2.45. The Hall–Kier alpha value is -4.81. The number of hydrogen-bond acceptors (Lipinski definition) is 10. The monoisotopic (exact) mass is 538 g/mol. The molecule has 2 atom stereocenters. The number of methoxy groups -OCH3 is 2. The standard InChI is InChI=1S/C26H27FN6O6/c1-36-18-6-4-15-8-21(18)38-13-23(34)29-9-14-3-5-19(20(7-14)37-2)39-22-12-33(11-17(22)31-25(15)35)26-30-10-16(27)24(28)32-26/h3-8,10,17,22H,9,11-13H2,1-2H3,(H,29,34)(H,31,35)(H2,28,30,32)/t17-,22-/m0/s1. The molecule has 12 nitrogen and oxygen atoms in total. The molecular weight excluding hydrogens is 511 g/mol. The number of nitrogens with zero attached hydrogens (tertiary/aromatic N) is 3. The van der Waals surface area contributed by atoms with Gasteiger partial charge in [0, 0.05) is 18.7 Å². The number of rotatable bonds is 3. The molecular formula is C26H27FN6O6. The van der Waals surface area contributed by atoms with Crippen molar-refractivity contribution in [1.82, 2.24) is 20.6 Å². The summed E-state index contributed by atoms with van der Waals surface area (Å²) in [5, 5.41) is 5.79. The van der Waals surface area contributed by atoms with Crippen LogP contribution in [0.2, 0.25) is 0 Å². The maximum absolute atomic E-state index is 13.7. The summed E-state index contributed by atoms with van der Waals surface area (Å²) in [5.74, 6) is -0.0410. The molecule has 204 valence electrons. The van der Waals surface area contributed by atoms with Gasteiger partial charge >= 0.3 is 0 Å². The number of carbonyl (C=O) groups excluding carboxylic acids is 2. The summed E-state index contributed by atoms with van der Waals surface area (Å²) in [7, 11) is 2.98. The van der Waals surface area contributed by atoms with Crippen LogP contribution in [0.1, 0.15) is 15.9 Å². The van der Waals surface area contributed by atoms with Gasteiger partial charge in [0.1, 0.15) is 6.10 Å². The van der Waals surface area contributed by atoms with Crippen molar-refractivity contribution in [3.63, 3.8) is 0 Å². The largest absolute Gasteiger partial charge is 0.493 e. The van der Waals surface area contributed by atoms with Gasteiger partial charge in [-0.1, -0.05) is 6.07 Å². The van der Waals surface area contributed by atoms with Crippen LogP contribution in [-0.4, -0.2) is 67.8 Å². The first-order valence-corrected chi connectivity index (χ1v) is 12.1. The quantitative estimate of drug-likeness (QED) is 0.445. The highest BCUT2D eigenvalue weighted by Crippen LogP contribution is 2.32. The van der Waals surface area contributed by atoms with Crippen molar-refractivity contribution in [3.05, 3.63) is 59.5 Å². The minimum Gasteiger partial charge on any atom is -0.493 e. The predicted octanol–water partition coefficient (Wildman–Crippen LogP) is 1.29. The van der Waals surface area contributed by atoms with Crippen molar-refractivity contribution < 1.29 is 32.9 Å². The Morgan fingerprint density at radius 3 is 2.67 bits per heavy atom. The number of carbonyl (C=O) groups is 2. The fourth-order valence-electron chi connectivity index (χ4n) is 4.38. The van der Waals surface area contributed by atoms with Gasteiger partial charge in [0.2, 0.25) is 5.95 Å². The van der Waals surface area contributed by atoms with E-state index in [1.54, 1.807) is 35.2 Å². The van der Waals surface area contributed by atoms with E-state index in [1.165, 1.54) is 20.3 Å². The minimum absolute atomic E-state index is 0.208. The van der Waals surface area contributed by atoms with Crippen LogP contribution < -0.4 is 40.2 Å². The number of amides is 2. The molecule has 4 bridgehead atoms. The van der Waals surface area contributed by atoms with Crippen LogP contribution in [0.5, 0.6) is 23.0 Å². The molecule has 2 amide bonds. The SMILES string of the molecule is COc1ccc2cc1OCC(=O)NCc1ccc(c(OC)c1)O[C@H]1CN(c3ncc(F)c(N)n3)C[C@@H]1NC2=O. The average Bonchev–Trinajstić information content (AvgIpc) is 3.33. The second kappa shape index (κ2) is 10.9. The summed E-state index contributed by atoms with van der Waals surface area (Å²) < 4.78 is 36.6. The van der Waals surface area contributed by atoms with E-state index in [1.807, 2.05) is 0 Å². The molecule has 0 radical (unpaired) electrons. The molecule has 0 saturated carbocycles. The van der Waals surface area contributed by atoms with E-state index in [2.05, 4.69) is 20.6 Å². The summed E-state index contributed by atoms with van der Waals surface area (Å²) in [6.07, 6.45) is 0.441. The fourth-order valence-corrected chi connectivity index (χ4v) is 4.38. The summed E-state index contributed by atoms with van der Waals surface area (Å²) in [4.78, 5) is 35.6. The number of anilines is 2. The van der Waals surface area contributed by atoms with Crippen LogP contribution in [0.25, 0.3) is 0 Å². The molecule has 1 saturated heterocycles. The lowest BCUT2D eigenvalue weighted by atomic mass is 10.1. The maximum atomic E-state index is 13.7. The Kier molecular flexibility index (Phi) is 7.21. The maximum Gasteiger partial charge on any atom is 0.258 e. The van der Waals surface area contributed by atoms with E-state index in [0.29, 0.717) is 17.2 Å². The van der Waals surface area contributed by atoms with E-state index in [9.17, 15) is 14.0 Å². The summed E-state index contributed by atoms with van der Waals surface area (Å²) in [6, 6.07) is 9.44. The predicted molar refractivity (Wildman–Crippen MR) is 138 cm³/mol. The molecule has 2 aromatic carbocycles. The summed E-state index contributed by atoms with van der Waals surface area (Å²) >= 11 is 0. The zero-order chi connectivity index (χ0) is 27.5. The lowest BCUT2D eigenvalue weighted by Gasteiger charge is -2.22. The molecule has 3 aromatic rings. The van der Waals surface area contributed by atoms with E-state index in [-0.39, 0.29) is 55.2 Å². The van der Waals surface area contributed by atoms with E-state index >= 15 is 0 Å². The Bertz CT molecular complexity index is 1410. The molecule has 3 aliphatic rings. The average molecular weight is 539 g/mol. The number of aromatic nitrogens is 2. The molecule has 0 unspecified atom stereocenters. The highest BCUT2D eigenvalue weighted by molar-refractivity contribution is 5.95. The Morgan fingerprint density at radius 1 is 1.08 bits per heavy atom. The number of nitrogen functional groups attached to an aromatic ring is 1. The fraction of sp³-hybridized carbons (Fsp3) is 0.308. The third-order valence-corrected chi connectivity index (χ3v) is 6.40. The number of ether oxygens (including phenoxy) is 4. The van der Waals surface area contributed by atoms with Gasteiger partial charge in [0.15, 0.2) is 41.2 Å². The van der Waals surface area contributed by atoms with Gasteiger partial charge in [0.25, 0.3) is 11.8 Å². The van der Waals surface area contributed by atoms with Gasteiger partial charge in [-0.2, -0.15) is 4.98 Å². The third kappa shape index (κ3) is 5.56. The molecule has 3 aliphatic heterocycles.